The number of esters is 2. The van der Waals surface area contributed by atoms with Crippen molar-refractivity contribution in [1.82, 2.24) is 19.7 Å². The van der Waals surface area contributed by atoms with Crippen LogP contribution in [0.4, 0.5) is 4.39 Å². The number of carbonyl (C=O) groups excluding carboxylic acids is 3. The minimum absolute atomic E-state index is 0.240. The molecule has 2 heterocycles. The third-order valence-corrected chi connectivity index (χ3v) is 4.86. The van der Waals surface area contributed by atoms with Crippen molar-refractivity contribution in [3.63, 3.8) is 0 Å². The average Bonchev–Trinajstić information content (AvgIpc) is 3.42. The summed E-state index contributed by atoms with van der Waals surface area (Å²) in [5, 5.41) is 6.08. The predicted molar refractivity (Wildman–Crippen MR) is 105 cm³/mol. The Balaban J connectivity index is 2.02. The molecule has 1 aromatic carbocycles. The Labute approximate surface area is 174 Å². The van der Waals surface area contributed by atoms with Gasteiger partial charge in [0, 0.05) is 0 Å². The van der Waals surface area contributed by atoms with Crippen molar-refractivity contribution in [2.24, 2.45) is 0 Å². The summed E-state index contributed by atoms with van der Waals surface area (Å²) in [4.78, 5) is 42.3. The van der Waals surface area contributed by atoms with Gasteiger partial charge in [-0.2, -0.15) is 0 Å². The SMILES string of the molecule is COC(=O)CN(CC(=O)OC)C(=O)c1nc(-c2cccs2)n(-c2ccc(F)cc2)n1. The van der Waals surface area contributed by atoms with Crippen LogP contribution in [-0.2, 0) is 19.1 Å². The van der Waals surface area contributed by atoms with E-state index in [0.29, 0.717) is 11.5 Å². The summed E-state index contributed by atoms with van der Waals surface area (Å²) < 4.78 is 23.9. The zero-order chi connectivity index (χ0) is 21.7. The average molecular weight is 432 g/mol. The van der Waals surface area contributed by atoms with Gasteiger partial charge in [-0.25, -0.2) is 14.1 Å². The third kappa shape index (κ3) is 4.69. The fourth-order valence-electron chi connectivity index (χ4n) is 2.51. The first kappa shape index (κ1) is 21.1. The summed E-state index contributed by atoms with van der Waals surface area (Å²) in [7, 11) is 2.33. The number of nitrogens with zero attached hydrogens (tertiary/aromatic N) is 4. The molecule has 2 aromatic heterocycles. The van der Waals surface area contributed by atoms with Crippen LogP contribution in [-0.4, -0.2) is 64.8 Å². The van der Waals surface area contributed by atoms with E-state index in [2.05, 4.69) is 19.6 Å². The second-order valence-electron chi connectivity index (χ2n) is 5.94. The van der Waals surface area contributed by atoms with E-state index in [1.807, 2.05) is 11.4 Å². The van der Waals surface area contributed by atoms with Gasteiger partial charge in [0.15, 0.2) is 5.82 Å². The quantitative estimate of drug-likeness (QED) is 0.526. The van der Waals surface area contributed by atoms with E-state index >= 15 is 0 Å². The topological polar surface area (TPSA) is 104 Å². The van der Waals surface area contributed by atoms with Crippen LogP contribution in [0.2, 0.25) is 0 Å². The summed E-state index contributed by atoms with van der Waals surface area (Å²) in [5.41, 5.74) is 0.485. The second-order valence-corrected chi connectivity index (χ2v) is 6.89. The van der Waals surface area contributed by atoms with Crippen molar-refractivity contribution in [1.29, 1.82) is 0 Å². The molecule has 0 fully saturated rings. The summed E-state index contributed by atoms with van der Waals surface area (Å²) in [6, 6.07) is 9.12. The van der Waals surface area contributed by atoms with Gasteiger partial charge < -0.3 is 14.4 Å². The van der Waals surface area contributed by atoms with Crippen LogP contribution in [0.5, 0.6) is 0 Å². The van der Waals surface area contributed by atoms with E-state index in [1.54, 1.807) is 6.07 Å². The van der Waals surface area contributed by atoms with Gasteiger partial charge in [0.1, 0.15) is 18.9 Å². The molecule has 11 heteroatoms. The lowest BCUT2D eigenvalue weighted by atomic mass is 10.3. The van der Waals surface area contributed by atoms with Crippen LogP contribution in [0.25, 0.3) is 16.4 Å². The molecule has 0 aliphatic rings. The van der Waals surface area contributed by atoms with Crippen LogP contribution in [0.1, 0.15) is 10.6 Å². The maximum absolute atomic E-state index is 13.3. The van der Waals surface area contributed by atoms with Gasteiger partial charge in [-0.3, -0.25) is 14.4 Å². The number of amides is 1. The molecular formula is C19H17FN4O5S. The lowest BCUT2D eigenvalue weighted by Gasteiger charge is -2.18. The lowest BCUT2D eigenvalue weighted by molar-refractivity contribution is -0.144. The van der Waals surface area contributed by atoms with Crippen LogP contribution in [0, 0.1) is 5.82 Å². The molecule has 156 valence electrons. The van der Waals surface area contributed by atoms with Crippen molar-refractivity contribution in [3.05, 3.63) is 53.4 Å². The number of aromatic nitrogens is 3. The summed E-state index contributed by atoms with van der Waals surface area (Å²) in [6.07, 6.45) is 0. The van der Waals surface area contributed by atoms with Crippen molar-refractivity contribution >= 4 is 29.2 Å². The fraction of sp³-hybridized carbons (Fsp3) is 0.211. The summed E-state index contributed by atoms with van der Waals surface area (Å²) >= 11 is 1.38. The van der Waals surface area contributed by atoms with Crippen LogP contribution < -0.4 is 0 Å². The molecule has 0 saturated heterocycles. The number of halogens is 1. The number of hydrogen-bond donors (Lipinski definition) is 0. The van der Waals surface area contributed by atoms with Gasteiger partial charge in [0.25, 0.3) is 5.91 Å². The van der Waals surface area contributed by atoms with Gasteiger partial charge in [-0.15, -0.1) is 16.4 Å². The monoisotopic (exact) mass is 432 g/mol. The van der Waals surface area contributed by atoms with Gasteiger partial charge in [-0.1, -0.05) is 6.07 Å². The van der Waals surface area contributed by atoms with Crippen LogP contribution in [0.3, 0.4) is 0 Å². The largest absolute Gasteiger partial charge is 0.468 e. The highest BCUT2D eigenvalue weighted by molar-refractivity contribution is 7.13. The van der Waals surface area contributed by atoms with Gasteiger partial charge in [0.2, 0.25) is 5.82 Å². The van der Waals surface area contributed by atoms with Gasteiger partial charge >= 0.3 is 11.9 Å². The Kier molecular flexibility index (Phi) is 6.52. The summed E-state index contributed by atoms with van der Waals surface area (Å²) in [5.74, 6) is -2.50. The molecule has 0 spiro atoms. The lowest BCUT2D eigenvalue weighted by Crippen LogP contribution is -2.40. The van der Waals surface area contributed by atoms with E-state index in [1.165, 1.54) is 54.5 Å². The molecule has 0 atom stereocenters. The number of rotatable bonds is 7. The third-order valence-electron chi connectivity index (χ3n) is 3.99. The molecule has 0 saturated carbocycles. The predicted octanol–water partition coefficient (Wildman–Crippen LogP) is 1.92. The molecule has 3 aromatic rings. The van der Waals surface area contributed by atoms with Crippen LogP contribution >= 0.6 is 11.3 Å². The molecule has 0 N–H and O–H groups in total. The number of hydrogen-bond acceptors (Lipinski definition) is 8. The first-order valence-electron chi connectivity index (χ1n) is 8.62. The smallest absolute Gasteiger partial charge is 0.325 e. The molecular weight excluding hydrogens is 415 g/mol. The van der Waals surface area contributed by atoms with E-state index in [-0.39, 0.29) is 5.82 Å². The highest BCUT2D eigenvalue weighted by atomic mass is 32.1. The first-order chi connectivity index (χ1) is 14.4. The minimum atomic E-state index is -0.760. The standard InChI is InChI=1S/C19H17FN4O5S/c1-28-15(25)10-23(11-16(26)29-2)19(27)17-21-18(14-4-3-9-30-14)24(22-17)13-7-5-12(20)6-8-13/h3-9H,10-11H2,1-2H3. The highest BCUT2D eigenvalue weighted by Gasteiger charge is 2.27. The molecule has 0 aliphatic heterocycles. The summed E-state index contributed by atoms with van der Waals surface area (Å²) in [6.45, 7) is -0.965. The molecule has 9 nitrogen and oxygen atoms in total. The van der Waals surface area contributed by atoms with Crippen molar-refractivity contribution in [2.45, 2.75) is 0 Å². The highest BCUT2D eigenvalue weighted by Crippen LogP contribution is 2.26. The zero-order valence-corrected chi connectivity index (χ0v) is 16.9. The van der Waals surface area contributed by atoms with Crippen LogP contribution in [0.15, 0.2) is 41.8 Å². The number of thiophene rings is 1. The second kappa shape index (κ2) is 9.27. The van der Waals surface area contributed by atoms with Gasteiger partial charge in [-0.05, 0) is 35.7 Å². The molecule has 0 aliphatic carbocycles. The maximum atomic E-state index is 13.3. The van der Waals surface area contributed by atoms with E-state index in [0.717, 1.165) is 9.78 Å². The molecule has 3 rings (SSSR count). The Morgan fingerprint density at radius 2 is 1.70 bits per heavy atom. The molecule has 30 heavy (non-hydrogen) atoms. The van der Waals surface area contributed by atoms with E-state index in [9.17, 15) is 18.8 Å². The molecule has 1 amide bonds. The normalized spacial score (nSPS) is 10.5. The van der Waals surface area contributed by atoms with Crippen molar-refractivity contribution in [3.8, 4) is 16.4 Å². The zero-order valence-electron chi connectivity index (χ0n) is 16.1. The molecule has 0 bridgehead atoms. The van der Waals surface area contributed by atoms with Crippen molar-refractivity contribution in [2.75, 3.05) is 27.3 Å². The van der Waals surface area contributed by atoms with Crippen molar-refractivity contribution < 1.29 is 28.2 Å². The number of benzene rings is 1. The number of carbonyl (C=O) groups is 3. The van der Waals surface area contributed by atoms with Gasteiger partial charge in [0.05, 0.1) is 24.8 Å². The Morgan fingerprint density at radius 3 is 2.23 bits per heavy atom. The first-order valence-corrected chi connectivity index (χ1v) is 9.50. The van der Waals surface area contributed by atoms with E-state index < -0.39 is 36.8 Å². The van der Waals surface area contributed by atoms with E-state index in [4.69, 9.17) is 0 Å². The molecule has 0 radical (unpaired) electrons. The maximum Gasteiger partial charge on any atom is 0.325 e. The fourth-order valence-corrected chi connectivity index (χ4v) is 3.21. The Bertz CT molecular complexity index is 1030. The number of ether oxygens (including phenoxy) is 2. The minimum Gasteiger partial charge on any atom is -0.468 e. The molecule has 0 unspecified atom stereocenters. The number of methoxy groups -OCH3 is 2. The Morgan fingerprint density at radius 1 is 1.07 bits per heavy atom. The Hall–Kier alpha value is -3.60.